The molecule has 0 aromatic rings. The standard InChI is InChI=1S/C9H11Cl3Si/c10-13(11,12)6-5-9-3-1-8(7-9)2-4-9/h1-4,8H,5-7H2. The summed E-state index contributed by atoms with van der Waals surface area (Å²) in [5.74, 6) is 0.650. The van der Waals surface area contributed by atoms with Gasteiger partial charge in [0.1, 0.15) is 0 Å². The van der Waals surface area contributed by atoms with E-state index in [0.717, 1.165) is 12.5 Å². The molecule has 13 heavy (non-hydrogen) atoms. The molecule has 0 aromatic heterocycles. The number of allylic oxidation sites excluding steroid dienone is 4. The first kappa shape index (κ1) is 10.1. The number of hydrogen-bond acceptors (Lipinski definition) is 0. The van der Waals surface area contributed by atoms with E-state index in [9.17, 15) is 0 Å². The number of halogens is 3. The minimum Gasteiger partial charge on any atom is -0.126 e. The Hall–Kier alpha value is 0.567. The second kappa shape index (κ2) is 3.30. The van der Waals surface area contributed by atoms with Gasteiger partial charge in [-0.15, -0.1) is 33.2 Å². The lowest BCUT2D eigenvalue weighted by molar-refractivity contribution is 0.465. The summed E-state index contributed by atoms with van der Waals surface area (Å²) in [5.41, 5.74) is 0.238. The summed E-state index contributed by atoms with van der Waals surface area (Å²) in [6.07, 6.45) is 11.3. The van der Waals surface area contributed by atoms with Crippen LogP contribution in [0.4, 0.5) is 0 Å². The first-order valence-corrected chi connectivity index (χ1v) is 9.69. The molecule has 2 aliphatic carbocycles. The van der Waals surface area contributed by atoms with E-state index in [1.165, 1.54) is 6.42 Å². The van der Waals surface area contributed by atoms with Crippen molar-refractivity contribution < 1.29 is 0 Å². The molecule has 0 unspecified atom stereocenters. The van der Waals surface area contributed by atoms with Crippen LogP contribution >= 0.6 is 33.2 Å². The van der Waals surface area contributed by atoms with Gasteiger partial charge in [0.2, 0.25) is 0 Å². The van der Waals surface area contributed by atoms with Gasteiger partial charge in [-0.05, 0) is 24.8 Å². The van der Waals surface area contributed by atoms with Gasteiger partial charge in [-0.25, -0.2) is 0 Å². The molecule has 2 rings (SSSR count). The lowest BCUT2D eigenvalue weighted by Crippen LogP contribution is -2.16. The Morgan fingerprint density at radius 3 is 2.23 bits per heavy atom. The van der Waals surface area contributed by atoms with Gasteiger partial charge in [0.05, 0.1) is 0 Å². The monoisotopic (exact) mass is 252 g/mol. The molecule has 0 spiro atoms. The van der Waals surface area contributed by atoms with Crippen LogP contribution in [0.5, 0.6) is 0 Å². The molecule has 0 nitrogen and oxygen atoms in total. The zero-order chi connectivity index (χ0) is 9.53. The maximum Gasteiger partial charge on any atom is 0.341 e. The number of hydrogen-bond donors (Lipinski definition) is 0. The van der Waals surface area contributed by atoms with Crippen LogP contribution in [0.15, 0.2) is 24.3 Å². The van der Waals surface area contributed by atoms with Crippen LogP contribution in [0.3, 0.4) is 0 Å². The fraction of sp³-hybridized carbons (Fsp3) is 0.556. The molecule has 2 bridgehead atoms. The highest BCUT2D eigenvalue weighted by atomic mass is 35.8. The van der Waals surface area contributed by atoms with E-state index in [1.807, 2.05) is 0 Å². The summed E-state index contributed by atoms with van der Waals surface area (Å²) in [4.78, 5) is 0. The largest absolute Gasteiger partial charge is 0.341 e. The van der Waals surface area contributed by atoms with Crippen molar-refractivity contribution in [2.45, 2.75) is 18.9 Å². The van der Waals surface area contributed by atoms with Crippen LogP contribution in [0.2, 0.25) is 6.04 Å². The Labute approximate surface area is 93.7 Å². The van der Waals surface area contributed by atoms with E-state index in [1.54, 1.807) is 0 Å². The van der Waals surface area contributed by atoms with Crippen molar-refractivity contribution in [3.8, 4) is 0 Å². The third-order valence-electron chi connectivity index (χ3n) is 2.84. The minimum absolute atomic E-state index is 0.238. The topological polar surface area (TPSA) is 0 Å². The average molecular weight is 254 g/mol. The first-order chi connectivity index (χ1) is 5.99. The van der Waals surface area contributed by atoms with E-state index in [0.29, 0.717) is 5.92 Å². The fourth-order valence-electron chi connectivity index (χ4n) is 2.10. The van der Waals surface area contributed by atoms with Crippen molar-refractivity contribution in [2.24, 2.45) is 11.3 Å². The second-order valence-corrected chi connectivity index (χ2v) is 13.2. The second-order valence-electron chi connectivity index (χ2n) is 3.93. The molecule has 0 radical (unpaired) electrons. The quantitative estimate of drug-likeness (QED) is 0.402. The summed E-state index contributed by atoms with van der Waals surface area (Å²) < 4.78 is 0. The van der Waals surface area contributed by atoms with Crippen molar-refractivity contribution in [2.75, 3.05) is 0 Å². The van der Waals surface area contributed by atoms with Gasteiger partial charge in [-0.3, -0.25) is 0 Å². The molecular formula is C9H11Cl3Si. The van der Waals surface area contributed by atoms with E-state index < -0.39 is 6.00 Å². The Morgan fingerprint density at radius 2 is 1.85 bits per heavy atom. The van der Waals surface area contributed by atoms with Crippen molar-refractivity contribution in [3.63, 3.8) is 0 Å². The molecule has 0 fully saturated rings. The van der Waals surface area contributed by atoms with Crippen molar-refractivity contribution in [3.05, 3.63) is 24.3 Å². The van der Waals surface area contributed by atoms with Crippen LogP contribution in [0.1, 0.15) is 12.8 Å². The highest BCUT2D eigenvalue weighted by molar-refractivity contribution is 7.64. The van der Waals surface area contributed by atoms with Crippen LogP contribution in [-0.4, -0.2) is 6.00 Å². The zero-order valence-corrected chi connectivity index (χ0v) is 10.4. The van der Waals surface area contributed by atoms with Crippen molar-refractivity contribution in [1.82, 2.24) is 0 Å². The Balaban J connectivity index is 1.95. The van der Waals surface area contributed by atoms with Crippen LogP contribution in [0.25, 0.3) is 0 Å². The Bertz CT molecular complexity index is 251. The summed E-state index contributed by atoms with van der Waals surface area (Å²) in [7, 11) is 0. The molecule has 0 amide bonds. The maximum atomic E-state index is 5.87. The molecule has 0 aliphatic heterocycles. The third kappa shape index (κ3) is 2.32. The van der Waals surface area contributed by atoms with E-state index in [-0.39, 0.29) is 5.41 Å². The SMILES string of the molecule is Cl[Si](Cl)(Cl)CCC12C=CC(C=C1)C2. The van der Waals surface area contributed by atoms with E-state index in [4.69, 9.17) is 33.2 Å². The number of fused-ring (bicyclic) bond motifs is 2. The molecule has 0 heterocycles. The van der Waals surface area contributed by atoms with Gasteiger partial charge in [-0.2, -0.15) is 0 Å². The Morgan fingerprint density at radius 1 is 1.23 bits per heavy atom. The molecular weight excluding hydrogens is 243 g/mol. The van der Waals surface area contributed by atoms with Gasteiger partial charge in [0, 0.05) is 5.41 Å². The maximum absolute atomic E-state index is 5.87. The lowest BCUT2D eigenvalue weighted by atomic mass is 9.87. The van der Waals surface area contributed by atoms with E-state index in [2.05, 4.69) is 24.3 Å². The van der Waals surface area contributed by atoms with Gasteiger partial charge in [0.15, 0.2) is 0 Å². The van der Waals surface area contributed by atoms with Gasteiger partial charge in [0.25, 0.3) is 0 Å². The summed E-state index contributed by atoms with van der Waals surface area (Å²) >= 11 is 17.6. The molecule has 2 aliphatic rings. The molecule has 0 N–H and O–H groups in total. The smallest absolute Gasteiger partial charge is 0.126 e. The molecule has 0 aromatic carbocycles. The molecule has 0 atom stereocenters. The van der Waals surface area contributed by atoms with Crippen LogP contribution in [0, 0.1) is 11.3 Å². The molecule has 0 saturated heterocycles. The molecule has 72 valence electrons. The van der Waals surface area contributed by atoms with Gasteiger partial charge < -0.3 is 0 Å². The van der Waals surface area contributed by atoms with Crippen molar-refractivity contribution in [1.29, 1.82) is 0 Å². The highest BCUT2D eigenvalue weighted by Crippen LogP contribution is 2.48. The highest BCUT2D eigenvalue weighted by Gasteiger charge is 2.38. The summed E-state index contributed by atoms with van der Waals surface area (Å²) in [6, 6.07) is -1.66. The third-order valence-corrected chi connectivity index (χ3v) is 5.36. The van der Waals surface area contributed by atoms with Crippen LogP contribution in [-0.2, 0) is 0 Å². The van der Waals surface area contributed by atoms with Crippen LogP contribution < -0.4 is 0 Å². The van der Waals surface area contributed by atoms with E-state index >= 15 is 0 Å². The zero-order valence-electron chi connectivity index (χ0n) is 7.14. The summed E-state index contributed by atoms with van der Waals surface area (Å²) in [6.45, 7) is 0. The van der Waals surface area contributed by atoms with Gasteiger partial charge >= 0.3 is 6.00 Å². The fourth-order valence-corrected chi connectivity index (χ4v) is 3.70. The molecule has 4 heteroatoms. The normalized spacial score (nSPS) is 36.1. The summed E-state index contributed by atoms with van der Waals surface area (Å²) in [5, 5.41) is 0. The predicted octanol–water partition coefficient (Wildman–Crippen LogP) is 4.16. The molecule has 0 saturated carbocycles. The number of rotatable bonds is 3. The lowest BCUT2D eigenvalue weighted by Gasteiger charge is -2.22. The first-order valence-electron chi connectivity index (χ1n) is 4.45. The Kier molecular flexibility index (Phi) is 2.56. The average Bonchev–Trinajstić information content (AvgIpc) is 2.59. The van der Waals surface area contributed by atoms with Crippen molar-refractivity contribution >= 4 is 39.2 Å². The minimum atomic E-state index is -2.42. The predicted molar refractivity (Wildman–Crippen MR) is 61.6 cm³/mol. The van der Waals surface area contributed by atoms with Gasteiger partial charge in [-0.1, -0.05) is 24.3 Å².